The minimum atomic E-state index is 0.953. The molecule has 4 aromatic heterocycles. The smallest absolute Gasteiger partial charge is 0.146 e. The molecule has 252 valence electrons. The molecule has 0 aliphatic carbocycles. The van der Waals surface area contributed by atoms with Crippen LogP contribution in [-0.4, -0.2) is 14.4 Å². The zero-order valence-corrected chi connectivity index (χ0v) is 30.0. The molecule has 0 N–H and O–H groups in total. The van der Waals surface area contributed by atoms with E-state index in [0.29, 0.717) is 0 Å². The highest BCUT2D eigenvalue weighted by Crippen LogP contribution is 2.43. The van der Waals surface area contributed by atoms with Crippen molar-refractivity contribution in [1.82, 2.24) is 14.4 Å². The molecule has 0 saturated heterocycles. The highest BCUT2D eigenvalue weighted by molar-refractivity contribution is 7.26. The van der Waals surface area contributed by atoms with E-state index < -0.39 is 0 Å². The number of pyridine rings is 2. The Labute approximate surface area is 316 Å². The van der Waals surface area contributed by atoms with Crippen LogP contribution in [0, 0.1) is 0 Å². The van der Waals surface area contributed by atoms with Gasteiger partial charge in [-0.25, -0.2) is 9.97 Å². The van der Waals surface area contributed by atoms with Crippen LogP contribution < -0.4 is 0 Å². The second kappa shape index (κ2) is 12.4. The van der Waals surface area contributed by atoms with Crippen LogP contribution in [0.2, 0.25) is 0 Å². The van der Waals surface area contributed by atoms with E-state index in [9.17, 15) is 0 Å². The van der Waals surface area contributed by atoms with Gasteiger partial charge in [0.05, 0.1) is 32.6 Å². The summed E-state index contributed by atoms with van der Waals surface area (Å²) >= 11 is 1.87. The highest BCUT2D eigenvalue weighted by Gasteiger charge is 2.18. The maximum atomic E-state index is 5.20. The first-order chi connectivity index (χ1) is 26.7. The second-order valence-electron chi connectivity index (χ2n) is 13.8. The predicted octanol–water partition coefficient (Wildman–Crippen LogP) is 13.7. The number of nitrogens with zero attached hydrogens (tertiary/aromatic N) is 3. The topological polar surface area (TPSA) is 30.2 Å². The molecule has 7 aromatic carbocycles. The van der Waals surface area contributed by atoms with E-state index in [1.165, 1.54) is 53.3 Å². The molecule has 54 heavy (non-hydrogen) atoms. The van der Waals surface area contributed by atoms with E-state index in [4.69, 9.17) is 9.97 Å². The van der Waals surface area contributed by atoms with E-state index in [-0.39, 0.29) is 0 Å². The van der Waals surface area contributed by atoms with Crippen LogP contribution in [-0.2, 0) is 0 Å². The first-order valence-electron chi connectivity index (χ1n) is 18.2. The molecule has 0 spiro atoms. The molecule has 0 amide bonds. The molecule has 0 unspecified atom stereocenters. The predicted molar refractivity (Wildman–Crippen MR) is 228 cm³/mol. The van der Waals surface area contributed by atoms with E-state index in [2.05, 4.69) is 186 Å². The zero-order chi connectivity index (χ0) is 35.6. The first kappa shape index (κ1) is 30.7. The maximum Gasteiger partial charge on any atom is 0.146 e. The van der Waals surface area contributed by atoms with Crippen LogP contribution in [0.15, 0.2) is 188 Å². The van der Waals surface area contributed by atoms with Crippen molar-refractivity contribution in [3.63, 3.8) is 0 Å². The van der Waals surface area contributed by atoms with Gasteiger partial charge < -0.3 is 0 Å². The Kier molecular flexibility index (Phi) is 7.04. The molecule has 11 aromatic rings. The summed E-state index contributed by atoms with van der Waals surface area (Å²) in [4.78, 5) is 10.3. The number of aromatic nitrogens is 3. The summed E-state index contributed by atoms with van der Waals surface area (Å²) in [5.41, 5.74) is 15.5. The molecule has 0 radical (unpaired) electrons. The summed E-state index contributed by atoms with van der Waals surface area (Å²) in [7, 11) is 0. The molecule has 0 atom stereocenters. The molecular formula is C50H31N3S. The van der Waals surface area contributed by atoms with Gasteiger partial charge in [-0.15, -0.1) is 11.3 Å². The number of rotatable bonds is 5. The fourth-order valence-electron chi connectivity index (χ4n) is 7.95. The first-order valence-corrected chi connectivity index (χ1v) is 19.1. The molecule has 3 nitrogen and oxygen atoms in total. The molecular weight excluding hydrogens is 675 g/mol. The number of para-hydroxylation sites is 2. The summed E-state index contributed by atoms with van der Waals surface area (Å²) in [5, 5.41) is 3.68. The van der Waals surface area contributed by atoms with Gasteiger partial charge in [0.2, 0.25) is 0 Å². The average Bonchev–Trinajstić information content (AvgIpc) is 3.83. The largest absolute Gasteiger partial charge is 0.290 e. The van der Waals surface area contributed by atoms with Gasteiger partial charge in [-0.1, -0.05) is 140 Å². The van der Waals surface area contributed by atoms with E-state index in [1.54, 1.807) is 0 Å². The van der Waals surface area contributed by atoms with Crippen molar-refractivity contribution < 1.29 is 0 Å². The molecule has 0 aliphatic heterocycles. The van der Waals surface area contributed by atoms with Crippen molar-refractivity contribution in [2.75, 3.05) is 0 Å². The van der Waals surface area contributed by atoms with Crippen molar-refractivity contribution >= 4 is 59.1 Å². The molecule has 0 aliphatic rings. The number of thiophene rings is 1. The maximum absolute atomic E-state index is 5.20. The van der Waals surface area contributed by atoms with Crippen LogP contribution in [0.25, 0.3) is 104 Å². The van der Waals surface area contributed by atoms with Gasteiger partial charge in [-0.2, -0.15) is 0 Å². The Morgan fingerprint density at radius 2 is 0.944 bits per heavy atom. The quantitative estimate of drug-likeness (QED) is 0.178. The summed E-state index contributed by atoms with van der Waals surface area (Å²) in [6.07, 6.45) is 0. The van der Waals surface area contributed by atoms with Gasteiger partial charge in [0, 0.05) is 32.0 Å². The molecule has 0 saturated carbocycles. The van der Waals surface area contributed by atoms with Gasteiger partial charge in [0.15, 0.2) is 0 Å². The van der Waals surface area contributed by atoms with Gasteiger partial charge in [0.25, 0.3) is 0 Å². The molecule has 11 rings (SSSR count). The lowest BCUT2D eigenvalue weighted by Gasteiger charge is -2.12. The standard InChI is InChI=1S/C50H31N3S/c1-3-13-32(14-4-1)39-30-44(33-15-5-2-6-16-33)51-45(31-39)38-20-12-19-36(28-38)34-17-11-18-35(27-34)37-25-26-47-42(29-37)48-49(54-47)40-21-7-8-22-41(40)50-52-43-23-9-10-24-46(43)53(48)50/h1-31H. The van der Waals surface area contributed by atoms with Crippen molar-refractivity contribution in [3.8, 4) is 55.9 Å². The monoisotopic (exact) mass is 705 g/mol. The molecule has 0 bridgehead atoms. The second-order valence-corrected chi connectivity index (χ2v) is 14.9. The Morgan fingerprint density at radius 3 is 1.70 bits per heavy atom. The summed E-state index contributed by atoms with van der Waals surface area (Å²) in [6.45, 7) is 0. The lowest BCUT2D eigenvalue weighted by Crippen LogP contribution is -1.91. The Bertz CT molecular complexity index is 3150. The van der Waals surface area contributed by atoms with Crippen molar-refractivity contribution in [2.45, 2.75) is 0 Å². The van der Waals surface area contributed by atoms with Crippen LogP contribution in [0.5, 0.6) is 0 Å². The van der Waals surface area contributed by atoms with E-state index in [0.717, 1.165) is 50.3 Å². The lowest BCUT2D eigenvalue weighted by molar-refractivity contribution is 1.32. The number of hydrogen-bond acceptors (Lipinski definition) is 3. The van der Waals surface area contributed by atoms with Crippen molar-refractivity contribution in [1.29, 1.82) is 0 Å². The number of imidazole rings is 1. The minimum absolute atomic E-state index is 0.953. The molecule has 4 heteroatoms. The number of fused-ring (bicyclic) bond motifs is 10. The lowest BCUT2D eigenvalue weighted by atomic mass is 9.95. The summed E-state index contributed by atoms with van der Waals surface area (Å²) in [6, 6.07) is 67.2. The Morgan fingerprint density at radius 1 is 0.370 bits per heavy atom. The minimum Gasteiger partial charge on any atom is -0.290 e. The van der Waals surface area contributed by atoms with E-state index >= 15 is 0 Å². The highest BCUT2D eigenvalue weighted by atomic mass is 32.1. The summed E-state index contributed by atoms with van der Waals surface area (Å²) < 4.78 is 4.94. The van der Waals surface area contributed by atoms with Gasteiger partial charge in [0.1, 0.15) is 5.65 Å². The number of hydrogen-bond donors (Lipinski definition) is 0. The van der Waals surface area contributed by atoms with Gasteiger partial charge in [-0.3, -0.25) is 4.40 Å². The third-order valence-corrected chi connectivity index (χ3v) is 11.7. The van der Waals surface area contributed by atoms with Crippen LogP contribution in [0.3, 0.4) is 0 Å². The third-order valence-electron chi connectivity index (χ3n) is 10.5. The van der Waals surface area contributed by atoms with Crippen molar-refractivity contribution in [3.05, 3.63) is 188 Å². The van der Waals surface area contributed by atoms with Gasteiger partial charge >= 0.3 is 0 Å². The van der Waals surface area contributed by atoms with Gasteiger partial charge in [-0.05, 0) is 81.9 Å². The SMILES string of the molecule is c1ccc(-c2cc(-c3ccccc3)nc(-c3cccc(-c4cccc(-c5ccc6sc7c8ccccc8c8nc9ccccc9n8c7c6c5)c4)c3)c2)cc1. The van der Waals surface area contributed by atoms with Crippen molar-refractivity contribution in [2.24, 2.45) is 0 Å². The normalized spacial score (nSPS) is 11.7. The van der Waals surface area contributed by atoms with Crippen LogP contribution >= 0.6 is 11.3 Å². The Hall–Kier alpha value is -6.88. The fourth-order valence-corrected chi connectivity index (χ4v) is 9.15. The molecule has 0 fully saturated rings. The van der Waals surface area contributed by atoms with Crippen LogP contribution in [0.4, 0.5) is 0 Å². The third kappa shape index (κ3) is 5.03. The van der Waals surface area contributed by atoms with Crippen LogP contribution in [0.1, 0.15) is 0 Å². The number of benzene rings is 7. The average molecular weight is 706 g/mol. The molecule has 4 heterocycles. The zero-order valence-electron chi connectivity index (χ0n) is 29.1. The summed E-state index contributed by atoms with van der Waals surface area (Å²) in [5.74, 6) is 0. The Balaban J connectivity index is 1.04. The fraction of sp³-hybridized carbons (Fsp3) is 0. The van der Waals surface area contributed by atoms with E-state index in [1.807, 2.05) is 17.4 Å².